The molecule has 22 heavy (non-hydrogen) atoms. The fraction of sp³-hybridized carbons (Fsp3) is 0.625. The highest BCUT2D eigenvalue weighted by Gasteiger charge is 2.23. The molecular formula is C16H27BrCl2N2O. The van der Waals surface area contributed by atoms with Gasteiger partial charge in [-0.15, -0.1) is 24.8 Å². The first-order valence-electron chi connectivity index (χ1n) is 7.40. The zero-order valence-electron chi connectivity index (χ0n) is 13.5. The molecule has 1 aliphatic heterocycles. The van der Waals surface area contributed by atoms with Crippen molar-refractivity contribution < 1.29 is 4.74 Å². The van der Waals surface area contributed by atoms with Gasteiger partial charge in [0.15, 0.2) is 0 Å². The lowest BCUT2D eigenvalue weighted by atomic mass is 9.95. The van der Waals surface area contributed by atoms with Crippen molar-refractivity contribution in [3.63, 3.8) is 0 Å². The lowest BCUT2D eigenvalue weighted by Crippen LogP contribution is -2.45. The van der Waals surface area contributed by atoms with Crippen molar-refractivity contribution in [1.29, 1.82) is 0 Å². The lowest BCUT2D eigenvalue weighted by Gasteiger charge is -2.36. The van der Waals surface area contributed by atoms with Crippen molar-refractivity contribution in [2.75, 3.05) is 33.3 Å². The van der Waals surface area contributed by atoms with Crippen molar-refractivity contribution >= 4 is 40.7 Å². The molecule has 0 saturated carbocycles. The summed E-state index contributed by atoms with van der Waals surface area (Å²) in [6.45, 7) is 9.03. The highest BCUT2D eigenvalue weighted by Crippen LogP contribution is 2.33. The molecule has 1 heterocycles. The Morgan fingerprint density at radius 2 is 1.86 bits per heavy atom. The van der Waals surface area contributed by atoms with Gasteiger partial charge in [-0.3, -0.25) is 4.90 Å². The largest absolute Gasteiger partial charge is 0.496 e. The van der Waals surface area contributed by atoms with E-state index in [1.54, 1.807) is 7.11 Å². The van der Waals surface area contributed by atoms with Crippen LogP contribution in [0.25, 0.3) is 0 Å². The first-order chi connectivity index (χ1) is 9.61. The monoisotopic (exact) mass is 412 g/mol. The summed E-state index contributed by atoms with van der Waals surface area (Å²) >= 11 is 3.61. The van der Waals surface area contributed by atoms with Gasteiger partial charge < -0.3 is 10.1 Å². The third-order valence-electron chi connectivity index (χ3n) is 3.85. The maximum Gasteiger partial charge on any atom is 0.133 e. The zero-order valence-corrected chi connectivity index (χ0v) is 16.7. The van der Waals surface area contributed by atoms with E-state index < -0.39 is 0 Å². The van der Waals surface area contributed by atoms with Gasteiger partial charge in [-0.1, -0.05) is 19.9 Å². The number of nitrogens with one attached hydrogen (secondary N) is 1. The summed E-state index contributed by atoms with van der Waals surface area (Å²) in [7, 11) is 1.71. The second-order valence-corrected chi connectivity index (χ2v) is 6.68. The number of hydrogen-bond donors (Lipinski definition) is 1. The molecule has 0 aliphatic carbocycles. The quantitative estimate of drug-likeness (QED) is 0.778. The number of ether oxygens (including phenoxy) is 1. The Bertz CT molecular complexity index is 440. The van der Waals surface area contributed by atoms with Crippen LogP contribution in [0.2, 0.25) is 0 Å². The van der Waals surface area contributed by atoms with E-state index >= 15 is 0 Å². The highest BCUT2D eigenvalue weighted by atomic mass is 79.9. The predicted molar refractivity (Wildman–Crippen MR) is 102 cm³/mol. The molecule has 0 spiro atoms. The molecule has 0 bridgehead atoms. The van der Waals surface area contributed by atoms with Crippen LogP contribution in [0.1, 0.15) is 31.9 Å². The number of methoxy groups -OCH3 is 1. The average Bonchev–Trinajstić information content (AvgIpc) is 2.45. The zero-order chi connectivity index (χ0) is 14.5. The number of piperazine rings is 1. The minimum atomic E-state index is 0. The molecule has 0 unspecified atom stereocenters. The van der Waals surface area contributed by atoms with Crippen LogP contribution in [0.4, 0.5) is 0 Å². The molecule has 0 radical (unpaired) electrons. The number of hydrogen-bond acceptors (Lipinski definition) is 3. The summed E-state index contributed by atoms with van der Waals surface area (Å²) in [6.07, 6.45) is 1.19. The molecule has 1 aromatic rings. The van der Waals surface area contributed by atoms with Crippen LogP contribution in [0.5, 0.6) is 5.75 Å². The van der Waals surface area contributed by atoms with Crippen LogP contribution >= 0.6 is 40.7 Å². The Labute approximate surface area is 155 Å². The van der Waals surface area contributed by atoms with Crippen molar-refractivity contribution in [2.24, 2.45) is 5.92 Å². The van der Waals surface area contributed by atoms with Crippen LogP contribution in [0.15, 0.2) is 22.7 Å². The van der Waals surface area contributed by atoms with E-state index in [4.69, 9.17) is 4.74 Å². The molecule has 6 heteroatoms. The Morgan fingerprint density at radius 3 is 2.36 bits per heavy atom. The second kappa shape index (κ2) is 10.7. The van der Waals surface area contributed by atoms with E-state index in [-0.39, 0.29) is 24.8 Å². The number of benzene rings is 1. The van der Waals surface area contributed by atoms with Gasteiger partial charge in [-0.2, -0.15) is 0 Å². The van der Waals surface area contributed by atoms with E-state index in [1.165, 1.54) is 12.0 Å². The summed E-state index contributed by atoms with van der Waals surface area (Å²) in [5.41, 5.74) is 1.38. The first-order valence-corrected chi connectivity index (χ1v) is 8.19. The van der Waals surface area contributed by atoms with Crippen LogP contribution in [0, 0.1) is 5.92 Å². The minimum Gasteiger partial charge on any atom is -0.496 e. The van der Waals surface area contributed by atoms with Gasteiger partial charge in [0, 0.05) is 32.2 Å². The van der Waals surface area contributed by atoms with Gasteiger partial charge in [0.05, 0.1) is 11.6 Å². The minimum absolute atomic E-state index is 0. The molecular weight excluding hydrogens is 387 g/mol. The summed E-state index contributed by atoms with van der Waals surface area (Å²) < 4.78 is 6.38. The molecule has 1 fully saturated rings. The fourth-order valence-corrected chi connectivity index (χ4v) is 3.38. The van der Waals surface area contributed by atoms with Crippen LogP contribution in [-0.4, -0.2) is 38.2 Å². The van der Waals surface area contributed by atoms with Crippen LogP contribution in [-0.2, 0) is 0 Å². The molecule has 1 atom stereocenters. The number of halogens is 3. The Kier molecular flexibility index (Phi) is 10.7. The van der Waals surface area contributed by atoms with Crippen LogP contribution < -0.4 is 10.1 Å². The second-order valence-electron chi connectivity index (χ2n) is 5.83. The highest BCUT2D eigenvalue weighted by molar-refractivity contribution is 9.10. The van der Waals surface area contributed by atoms with Gasteiger partial charge in [-0.25, -0.2) is 0 Å². The van der Waals surface area contributed by atoms with Gasteiger partial charge in [0.1, 0.15) is 5.75 Å². The average molecular weight is 414 g/mol. The molecule has 0 aromatic heterocycles. The normalized spacial score (nSPS) is 16.6. The molecule has 1 aromatic carbocycles. The van der Waals surface area contributed by atoms with Crippen LogP contribution in [0.3, 0.4) is 0 Å². The van der Waals surface area contributed by atoms with Crippen molar-refractivity contribution in [3.05, 3.63) is 28.2 Å². The summed E-state index contributed by atoms with van der Waals surface area (Å²) in [5, 5.41) is 3.43. The van der Waals surface area contributed by atoms with Gasteiger partial charge in [0.25, 0.3) is 0 Å². The van der Waals surface area contributed by atoms with E-state index in [9.17, 15) is 0 Å². The molecule has 128 valence electrons. The smallest absolute Gasteiger partial charge is 0.133 e. The fourth-order valence-electron chi connectivity index (χ4n) is 2.83. The van der Waals surface area contributed by atoms with E-state index in [2.05, 4.69) is 58.2 Å². The maximum atomic E-state index is 5.34. The number of rotatable bonds is 5. The topological polar surface area (TPSA) is 24.5 Å². The van der Waals surface area contributed by atoms with Crippen molar-refractivity contribution in [2.45, 2.75) is 26.3 Å². The molecule has 2 rings (SSSR count). The predicted octanol–water partition coefficient (Wildman–Crippen LogP) is 4.29. The van der Waals surface area contributed by atoms with Gasteiger partial charge >= 0.3 is 0 Å². The summed E-state index contributed by atoms with van der Waals surface area (Å²) in [4.78, 5) is 2.60. The standard InChI is InChI=1S/C16H25BrN2O.2ClH/c1-12(2)10-15(19-8-6-18-7-9-19)13-4-5-16(20-3)14(17)11-13;;/h4-5,11-12,15,18H,6-10H2,1-3H3;2*1H/t15-;;/m1../s1. The molecule has 0 amide bonds. The van der Waals surface area contributed by atoms with Crippen molar-refractivity contribution in [3.8, 4) is 5.75 Å². The van der Waals surface area contributed by atoms with E-state index in [1.807, 2.05) is 0 Å². The Balaban J connectivity index is 0.00000220. The maximum absolute atomic E-state index is 5.34. The third-order valence-corrected chi connectivity index (χ3v) is 4.47. The van der Waals surface area contributed by atoms with E-state index in [0.717, 1.165) is 36.4 Å². The molecule has 1 saturated heterocycles. The van der Waals surface area contributed by atoms with Gasteiger partial charge in [-0.05, 0) is 46.0 Å². The number of nitrogens with zero attached hydrogens (tertiary/aromatic N) is 1. The van der Waals surface area contributed by atoms with Crippen molar-refractivity contribution in [1.82, 2.24) is 10.2 Å². The first kappa shape index (κ1) is 22.0. The SMILES string of the molecule is COc1ccc([C@@H](CC(C)C)N2CCNCC2)cc1Br.Cl.Cl. The molecule has 3 nitrogen and oxygen atoms in total. The summed E-state index contributed by atoms with van der Waals surface area (Å²) in [5.74, 6) is 1.59. The van der Waals surface area contributed by atoms with Gasteiger partial charge in [0.2, 0.25) is 0 Å². The molecule has 1 aliphatic rings. The molecule has 1 N–H and O–H groups in total. The summed E-state index contributed by atoms with van der Waals surface area (Å²) in [6, 6.07) is 6.99. The Morgan fingerprint density at radius 1 is 1.23 bits per heavy atom. The Hall–Kier alpha value is -0.000000000000000111. The third kappa shape index (κ3) is 5.89. The lowest BCUT2D eigenvalue weighted by molar-refractivity contribution is 0.154. The van der Waals surface area contributed by atoms with E-state index in [0.29, 0.717) is 12.0 Å².